The third kappa shape index (κ3) is 4.88. The first-order chi connectivity index (χ1) is 15.4. The molecule has 0 aromatic heterocycles. The summed E-state index contributed by atoms with van der Waals surface area (Å²) in [5, 5.41) is 5.75. The lowest BCUT2D eigenvalue weighted by Crippen LogP contribution is -2.40. The van der Waals surface area contributed by atoms with Crippen LogP contribution in [-0.2, 0) is 14.3 Å². The molecule has 0 spiro atoms. The van der Waals surface area contributed by atoms with Gasteiger partial charge in [-0.2, -0.15) is 5.10 Å². The number of amides is 2. The van der Waals surface area contributed by atoms with Crippen molar-refractivity contribution >= 4 is 17.5 Å². The maximum atomic E-state index is 14.5. The Morgan fingerprint density at radius 1 is 1.16 bits per heavy atom. The fourth-order valence-corrected chi connectivity index (χ4v) is 3.54. The zero-order chi connectivity index (χ0) is 23.3. The number of likely N-dealkylation sites (N-methyl/N-ethyl adjacent to an activating group) is 1. The van der Waals surface area contributed by atoms with E-state index in [0.717, 1.165) is 0 Å². The Kier molecular flexibility index (Phi) is 7.42. The van der Waals surface area contributed by atoms with E-state index in [9.17, 15) is 14.0 Å². The number of benzene rings is 2. The van der Waals surface area contributed by atoms with Crippen molar-refractivity contribution in [1.82, 2.24) is 9.91 Å². The fourth-order valence-electron chi connectivity index (χ4n) is 3.54. The maximum absolute atomic E-state index is 14.5. The molecule has 1 heterocycles. The highest BCUT2D eigenvalue weighted by Gasteiger charge is 2.36. The molecule has 0 aliphatic carbocycles. The third-order valence-electron chi connectivity index (χ3n) is 5.21. The van der Waals surface area contributed by atoms with Crippen LogP contribution in [0.25, 0.3) is 0 Å². The Morgan fingerprint density at radius 3 is 2.56 bits per heavy atom. The number of nitrogens with zero attached hydrogens (tertiary/aromatic N) is 3. The molecule has 0 unspecified atom stereocenters. The SMILES string of the molecule is COCC(=O)N(C)CC(=O)N1N=C(c2ccccc2F)C[C@H]1c1cc(OC)ccc1OC. The summed E-state index contributed by atoms with van der Waals surface area (Å²) < 4.78 is 30.2. The molecule has 0 N–H and O–H groups in total. The van der Waals surface area contributed by atoms with Gasteiger partial charge in [0.05, 0.1) is 26.0 Å². The minimum absolute atomic E-state index is 0.138. The van der Waals surface area contributed by atoms with Gasteiger partial charge in [0.1, 0.15) is 30.5 Å². The van der Waals surface area contributed by atoms with Crippen molar-refractivity contribution in [1.29, 1.82) is 0 Å². The summed E-state index contributed by atoms with van der Waals surface area (Å²) in [4.78, 5) is 26.5. The minimum Gasteiger partial charge on any atom is -0.497 e. The van der Waals surface area contributed by atoms with Gasteiger partial charge in [-0.3, -0.25) is 9.59 Å². The second kappa shape index (κ2) is 10.2. The molecule has 2 amide bonds. The largest absolute Gasteiger partial charge is 0.497 e. The Bertz CT molecular complexity index is 1030. The zero-order valence-electron chi connectivity index (χ0n) is 18.5. The van der Waals surface area contributed by atoms with Crippen molar-refractivity contribution in [3.63, 3.8) is 0 Å². The van der Waals surface area contributed by atoms with E-state index in [1.165, 1.54) is 37.2 Å². The molecule has 0 radical (unpaired) electrons. The van der Waals surface area contributed by atoms with Crippen LogP contribution in [0.4, 0.5) is 4.39 Å². The molecule has 3 rings (SSSR count). The van der Waals surface area contributed by atoms with Gasteiger partial charge in [0, 0.05) is 31.7 Å². The number of hydrogen-bond acceptors (Lipinski definition) is 6. The molecule has 8 nitrogen and oxygen atoms in total. The smallest absolute Gasteiger partial charge is 0.262 e. The molecule has 32 heavy (non-hydrogen) atoms. The normalized spacial score (nSPS) is 15.3. The lowest BCUT2D eigenvalue weighted by atomic mass is 9.97. The molecular formula is C23H26FN3O5. The zero-order valence-corrected chi connectivity index (χ0v) is 18.5. The van der Waals surface area contributed by atoms with Gasteiger partial charge >= 0.3 is 0 Å². The molecule has 1 atom stereocenters. The predicted octanol–water partition coefficient (Wildman–Crippen LogP) is 2.63. The van der Waals surface area contributed by atoms with E-state index < -0.39 is 17.8 Å². The Labute approximate surface area is 186 Å². The van der Waals surface area contributed by atoms with Gasteiger partial charge in [0.25, 0.3) is 5.91 Å². The van der Waals surface area contributed by atoms with Crippen molar-refractivity contribution in [3.8, 4) is 11.5 Å². The number of ether oxygens (including phenoxy) is 3. The van der Waals surface area contributed by atoms with Crippen LogP contribution in [0.15, 0.2) is 47.6 Å². The number of hydrogen-bond donors (Lipinski definition) is 0. The van der Waals surface area contributed by atoms with Crippen molar-refractivity contribution in [2.45, 2.75) is 12.5 Å². The average molecular weight is 443 g/mol. The molecule has 2 aromatic rings. The monoisotopic (exact) mass is 443 g/mol. The highest BCUT2D eigenvalue weighted by Crippen LogP contribution is 2.39. The van der Waals surface area contributed by atoms with Crippen LogP contribution >= 0.6 is 0 Å². The predicted molar refractivity (Wildman–Crippen MR) is 116 cm³/mol. The number of rotatable bonds is 8. The van der Waals surface area contributed by atoms with Gasteiger partial charge in [-0.15, -0.1) is 0 Å². The molecular weight excluding hydrogens is 417 g/mol. The lowest BCUT2D eigenvalue weighted by molar-refractivity contribution is -0.142. The summed E-state index contributed by atoms with van der Waals surface area (Å²) in [7, 11) is 5.99. The van der Waals surface area contributed by atoms with E-state index in [1.54, 1.807) is 43.5 Å². The van der Waals surface area contributed by atoms with Crippen LogP contribution in [0, 0.1) is 5.82 Å². The van der Waals surface area contributed by atoms with E-state index in [0.29, 0.717) is 28.3 Å². The van der Waals surface area contributed by atoms with Crippen molar-refractivity contribution in [2.75, 3.05) is 41.5 Å². The average Bonchev–Trinajstić information content (AvgIpc) is 3.24. The molecule has 0 bridgehead atoms. The van der Waals surface area contributed by atoms with Crippen LogP contribution in [0.3, 0.4) is 0 Å². The Morgan fingerprint density at radius 2 is 1.91 bits per heavy atom. The van der Waals surface area contributed by atoms with Crippen LogP contribution in [0.5, 0.6) is 11.5 Å². The standard InChI is InChI=1S/C23H26FN3O5/c1-26(23(29)14-30-2)13-22(28)27-20(17-11-15(31-3)9-10-21(17)32-4)12-19(25-27)16-7-5-6-8-18(16)24/h5-11,20H,12-14H2,1-4H3/t20-/m0/s1. The van der Waals surface area contributed by atoms with Crippen LogP contribution in [0.1, 0.15) is 23.6 Å². The first-order valence-corrected chi connectivity index (χ1v) is 9.98. The maximum Gasteiger partial charge on any atom is 0.262 e. The van der Waals surface area contributed by atoms with E-state index in [1.807, 2.05) is 0 Å². The van der Waals surface area contributed by atoms with Gasteiger partial charge in [-0.05, 0) is 24.3 Å². The van der Waals surface area contributed by atoms with Crippen LogP contribution in [-0.4, -0.2) is 69.0 Å². The summed E-state index contributed by atoms with van der Waals surface area (Å²) in [6.45, 7) is -0.348. The van der Waals surface area contributed by atoms with E-state index in [4.69, 9.17) is 14.2 Å². The number of halogens is 1. The van der Waals surface area contributed by atoms with Gasteiger partial charge in [-0.1, -0.05) is 18.2 Å². The molecule has 9 heteroatoms. The molecule has 170 valence electrons. The quantitative estimate of drug-likeness (QED) is 0.627. The number of hydrazone groups is 1. The highest BCUT2D eigenvalue weighted by molar-refractivity contribution is 6.03. The van der Waals surface area contributed by atoms with Gasteiger partial charge in [0.2, 0.25) is 5.91 Å². The van der Waals surface area contributed by atoms with Gasteiger partial charge in [0.15, 0.2) is 0 Å². The summed E-state index contributed by atoms with van der Waals surface area (Å²) >= 11 is 0. The van der Waals surface area contributed by atoms with E-state index in [2.05, 4.69) is 5.10 Å². The molecule has 1 aliphatic heterocycles. The van der Waals surface area contributed by atoms with Crippen molar-refractivity contribution in [2.24, 2.45) is 5.10 Å². The van der Waals surface area contributed by atoms with Gasteiger partial charge < -0.3 is 19.1 Å². The number of carbonyl (C=O) groups excluding carboxylic acids is 2. The number of methoxy groups -OCH3 is 3. The molecule has 0 saturated heterocycles. The molecule has 0 saturated carbocycles. The second-order valence-corrected chi connectivity index (χ2v) is 7.28. The minimum atomic E-state index is -0.562. The molecule has 0 fully saturated rings. The van der Waals surface area contributed by atoms with Crippen LogP contribution < -0.4 is 9.47 Å². The highest BCUT2D eigenvalue weighted by atomic mass is 19.1. The molecule has 1 aliphatic rings. The van der Waals surface area contributed by atoms with E-state index >= 15 is 0 Å². The first kappa shape index (κ1) is 23.2. The summed E-state index contributed by atoms with van der Waals surface area (Å²) in [6, 6.07) is 11.0. The topological polar surface area (TPSA) is 80.7 Å². The van der Waals surface area contributed by atoms with Gasteiger partial charge in [-0.25, -0.2) is 9.40 Å². The summed E-state index contributed by atoms with van der Waals surface area (Å²) in [5.41, 5.74) is 1.41. The summed E-state index contributed by atoms with van der Waals surface area (Å²) in [5.74, 6) is -0.0568. The Hall–Kier alpha value is -3.46. The molecule has 2 aromatic carbocycles. The van der Waals surface area contributed by atoms with E-state index in [-0.39, 0.29) is 25.5 Å². The first-order valence-electron chi connectivity index (χ1n) is 9.98. The van der Waals surface area contributed by atoms with Crippen LogP contribution in [0.2, 0.25) is 0 Å². The second-order valence-electron chi connectivity index (χ2n) is 7.28. The van der Waals surface area contributed by atoms with Crippen molar-refractivity contribution in [3.05, 3.63) is 59.4 Å². The lowest BCUT2D eigenvalue weighted by Gasteiger charge is -2.26. The number of carbonyl (C=O) groups is 2. The fraction of sp³-hybridized carbons (Fsp3) is 0.348. The van der Waals surface area contributed by atoms with Crippen molar-refractivity contribution < 1.29 is 28.2 Å². The third-order valence-corrected chi connectivity index (χ3v) is 5.21. The summed E-state index contributed by atoms with van der Waals surface area (Å²) in [6.07, 6.45) is 0.270. The Balaban J connectivity index is 1.99.